The molecular formula is C13H9F3N2O2. The van der Waals surface area contributed by atoms with E-state index in [0.717, 1.165) is 6.07 Å². The van der Waals surface area contributed by atoms with Gasteiger partial charge in [0, 0.05) is 17.8 Å². The van der Waals surface area contributed by atoms with E-state index in [1.54, 1.807) is 0 Å². The number of nitrogens with two attached hydrogens (primary N) is 1. The summed E-state index contributed by atoms with van der Waals surface area (Å²) in [4.78, 5) is 11.8. The molecule has 0 spiro atoms. The minimum Gasteiger partial charge on any atom is -0.508 e. The van der Waals surface area contributed by atoms with E-state index in [9.17, 15) is 23.1 Å². The number of anilines is 2. The minimum atomic E-state index is -1.26. The highest BCUT2D eigenvalue weighted by Crippen LogP contribution is 2.23. The summed E-state index contributed by atoms with van der Waals surface area (Å²) in [6, 6.07) is 4.44. The third kappa shape index (κ3) is 2.66. The van der Waals surface area contributed by atoms with Gasteiger partial charge >= 0.3 is 0 Å². The van der Waals surface area contributed by atoms with Crippen molar-refractivity contribution in [3.8, 4) is 5.75 Å². The maximum absolute atomic E-state index is 13.4. The maximum atomic E-state index is 13.4. The number of halogens is 3. The van der Waals surface area contributed by atoms with Gasteiger partial charge in [0.25, 0.3) is 5.91 Å². The summed E-state index contributed by atoms with van der Waals surface area (Å²) in [6.45, 7) is 0. The molecule has 2 aromatic carbocycles. The van der Waals surface area contributed by atoms with Crippen molar-refractivity contribution in [2.75, 3.05) is 11.1 Å². The smallest absolute Gasteiger partial charge is 0.258 e. The van der Waals surface area contributed by atoms with Crippen molar-refractivity contribution in [3.05, 3.63) is 53.3 Å². The van der Waals surface area contributed by atoms with Crippen LogP contribution < -0.4 is 11.1 Å². The fourth-order valence-corrected chi connectivity index (χ4v) is 1.58. The Kier molecular flexibility index (Phi) is 3.51. The van der Waals surface area contributed by atoms with Crippen LogP contribution in [-0.4, -0.2) is 11.0 Å². The summed E-state index contributed by atoms with van der Waals surface area (Å²) in [5, 5.41) is 11.2. The van der Waals surface area contributed by atoms with Crippen molar-refractivity contribution in [1.82, 2.24) is 0 Å². The second-order valence-corrected chi connectivity index (χ2v) is 3.97. The Morgan fingerprint density at radius 1 is 1.10 bits per heavy atom. The molecule has 7 heteroatoms. The zero-order valence-electron chi connectivity index (χ0n) is 9.95. The highest BCUT2D eigenvalue weighted by atomic mass is 19.1. The molecule has 0 fully saturated rings. The highest BCUT2D eigenvalue weighted by Gasteiger charge is 2.17. The normalized spacial score (nSPS) is 10.3. The van der Waals surface area contributed by atoms with Gasteiger partial charge in [-0.25, -0.2) is 13.2 Å². The van der Waals surface area contributed by atoms with Crippen molar-refractivity contribution < 1.29 is 23.1 Å². The van der Waals surface area contributed by atoms with Crippen LogP contribution in [0.25, 0.3) is 0 Å². The summed E-state index contributed by atoms with van der Waals surface area (Å²) in [5.74, 6) is -4.77. The Labute approximate surface area is 111 Å². The number of hydrogen-bond donors (Lipinski definition) is 3. The van der Waals surface area contributed by atoms with Gasteiger partial charge in [-0.3, -0.25) is 4.79 Å². The molecule has 0 unspecified atom stereocenters. The lowest BCUT2D eigenvalue weighted by Crippen LogP contribution is -2.16. The Morgan fingerprint density at radius 3 is 2.30 bits per heavy atom. The van der Waals surface area contributed by atoms with Crippen molar-refractivity contribution in [2.45, 2.75) is 0 Å². The molecule has 0 heterocycles. The minimum absolute atomic E-state index is 0.0169. The second-order valence-electron chi connectivity index (χ2n) is 3.97. The fraction of sp³-hybridized carbons (Fsp3) is 0. The number of phenols is 1. The number of hydrogen-bond acceptors (Lipinski definition) is 3. The van der Waals surface area contributed by atoms with Crippen molar-refractivity contribution in [3.63, 3.8) is 0 Å². The number of benzene rings is 2. The first kappa shape index (κ1) is 13.7. The van der Waals surface area contributed by atoms with E-state index in [0.29, 0.717) is 12.1 Å². The highest BCUT2D eigenvalue weighted by molar-refractivity contribution is 6.08. The molecule has 0 atom stereocenters. The van der Waals surface area contributed by atoms with Gasteiger partial charge in [0.2, 0.25) is 0 Å². The number of aromatic hydroxyl groups is 1. The third-order valence-corrected chi connectivity index (χ3v) is 2.53. The first-order valence-electron chi connectivity index (χ1n) is 5.43. The van der Waals surface area contributed by atoms with E-state index in [2.05, 4.69) is 0 Å². The zero-order valence-corrected chi connectivity index (χ0v) is 9.95. The van der Waals surface area contributed by atoms with Crippen molar-refractivity contribution in [1.29, 1.82) is 0 Å². The van der Waals surface area contributed by atoms with Gasteiger partial charge in [0.05, 0.1) is 5.56 Å². The molecule has 0 aliphatic carbocycles. The molecule has 0 bridgehead atoms. The fourth-order valence-electron chi connectivity index (χ4n) is 1.58. The second kappa shape index (κ2) is 5.12. The number of amides is 1. The van der Waals surface area contributed by atoms with Gasteiger partial charge in [-0.2, -0.15) is 0 Å². The van der Waals surface area contributed by atoms with Crippen LogP contribution in [0.5, 0.6) is 5.75 Å². The molecular weight excluding hydrogens is 273 g/mol. The Hall–Kier alpha value is -2.70. The molecule has 2 rings (SSSR count). The topological polar surface area (TPSA) is 75.3 Å². The molecule has 20 heavy (non-hydrogen) atoms. The van der Waals surface area contributed by atoms with Gasteiger partial charge in [-0.1, -0.05) is 0 Å². The van der Waals surface area contributed by atoms with Crippen LogP contribution in [0.15, 0.2) is 30.3 Å². The number of rotatable bonds is 2. The molecule has 0 aliphatic rings. The van der Waals surface area contributed by atoms with Gasteiger partial charge < -0.3 is 16.2 Å². The molecule has 104 valence electrons. The molecule has 4 N–H and O–H groups in total. The maximum Gasteiger partial charge on any atom is 0.258 e. The lowest BCUT2D eigenvalue weighted by Gasteiger charge is -2.09. The molecule has 4 nitrogen and oxygen atoms in total. The van der Waals surface area contributed by atoms with E-state index in [4.69, 9.17) is 5.73 Å². The SMILES string of the molecule is Nc1ccc(O)cc1C(=O)Nc1c(F)cc(F)cc1F. The molecule has 0 saturated heterocycles. The quantitative estimate of drug-likeness (QED) is 0.585. The van der Waals surface area contributed by atoms with E-state index in [-0.39, 0.29) is 17.0 Å². The first-order chi connectivity index (χ1) is 9.38. The molecule has 0 saturated carbocycles. The van der Waals surface area contributed by atoms with Gasteiger partial charge in [-0.15, -0.1) is 0 Å². The Balaban J connectivity index is 2.35. The van der Waals surface area contributed by atoms with Crippen molar-refractivity contribution in [2.24, 2.45) is 0 Å². The first-order valence-corrected chi connectivity index (χ1v) is 5.43. The number of carbonyl (C=O) groups is 1. The van der Waals surface area contributed by atoms with E-state index < -0.39 is 29.0 Å². The van der Waals surface area contributed by atoms with E-state index in [1.807, 2.05) is 5.32 Å². The van der Waals surface area contributed by atoms with Gasteiger partial charge in [0.1, 0.15) is 17.3 Å². The number of phenolic OH excluding ortho intramolecular Hbond substituents is 1. The summed E-state index contributed by atoms with van der Waals surface area (Å²) in [7, 11) is 0. The zero-order chi connectivity index (χ0) is 14.9. The molecule has 1 amide bonds. The van der Waals surface area contributed by atoms with Gasteiger partial charge in [0.15, 0.2) is 11.6 Å². The Bertz CT molecular complexity index is 666. The number of carbonyl (C=O) groups excluding carboxylic acids is 1. The average Bonchev–Trinajstić information content (AvgIpc) is 2.36. The third-order valence-electron chi connectivity index (χ3n) is 2.53. The monoisotopic (exact) mass is 282 g/mol. The standard InChI is InChI=1S/C13H9F3N2O2/c14-6-3-9(15)12(10(16)4-6)18-13(20)8-5-7(19)1-2-11(8)17/h1-5,19H,17H2,(H,18,20). The van der Waals surface area contributed by atoms with E-state index in [1.165, 1.54) is 12.1 Å². The number of nitrogen functional groups attached to an aromatic ring is 1. The molecule has 2 aromatic rings. The predicted octanol–water partition coefficient (Wildman–Crippen LogP) is 2.64. The van der Waals surface area contributed by atoms with Crippen LogP contribution in [0.3, 0.4) is 0 Å². The molecule has 0 radical (unpaired) electrons. The molecule has 0 aromatic heterocycles. The lowest BCUT2D eigenvalue weighted by atomic mass is 10.1. The summed E-state index contributed by atoms with van der Waals surface area (Å²) in [6.07, 6.45) is 0. The molecule has 0 aliphatic heterocycles. The summed E-state index contributed by atoms with van der Waals surface area (Å²) >= 11 is 0. The predicted molar refractivity (Wildman–Crippen MR) is 66.8 cm³/mol. The van der Waals surface area contributed by atoms with Crippen LogP contribution >= 0.6 is 0 Å². The number of nitrogens with one attached hydrogen (secondary N) is 1. The van der Waals surface area contributed by atoms with Crippen molar-refractivity contribution >= 4 is 17.3 Å². The van der Waals surface area contributed by atoms with Crippen LogP contribution in [0.2, 0.25) is 0 Å². The Morgan fingerprint density at radius 2 is 1.70 bits per heavy atom. The lowest BCUT2D eigenvalue weighted by molar-refractivity contribution is 0.102. The van der Waals surface area contributed by atoms with Crippen LogP contribution in [0, 0.1) is 17.5 Å². The van der Waals surface area contributed by atoms with Crippen LogP contribution in [-0.2, 0) is 0 Å². The van der Waals surface area contributed by atoms with Crippen LogP contribution in [0.4, 0.5) is 24.5 Å². The van der Waals surface area contributed by atoms with Crippen LogP contribution in [0.1, 0.15) is 10.4 Å². The van der Waals surface area contributed by atoms with Gasteiger partial charge in [-0.05, 0) is 18.2 Å². The summed E-state index contributed by atoms with van der Waals surface area (Å²) in [5.41, 5.74) is 4.59. The van der Waals surface area contributed by atoms with E-state index >= 15 is 0 Å². The summed E-state index contributed by atoms with van der Waals surface area (Å²) < 4.78 is 39.5. The average molecular weight is 282 g/mol. The largest absolute Gasteiger partial charge is 0.508 e.